The van der Waals surface area contributed by atoms with E-state index in [1.165, 1.54) is 11.8 Å². The van der Waals surface area contributed by atoms with Crippen molar-refractivity contribution in [3.8, 4) is 28.7 Å². The molecule has 0 aliphatic rings. The van der Waals surface area contributed by atoms with Gasteiger partial charge in [-0.05, 0) is 6.26 Å². The van der Waals surface area contributed by atoms with Gasteiger partial charge >= 0.3 is 0 Å². The number of nitrogens with zero attached hydrogens (tertiary/aromatic N) is 4. The standard InChI is InChI=1S/C15H11N5O2S/c1-8-17-13(20-22-8)10-5-3-9(4-6-10)12-11(7-16)14(21)19-15(18-12)23-2/h3-6H,1-2H3,(H,18,19,21). The van der Waals surface area contributed by atoms with Crippen LogP contribution in [0.4, 0.5) is 0 Å². The highest BCUT2D eigenvalue weighted by Crippen LogP contribution is 2.24. The Balaban J connectivity index is 2.08. The van der Waals surface area contributed by atoms with E-state index < -0.39 is 5.56 Å². The van der Waals surface area contributed by atoms with Gasteiger partial charge in [0.05, 0.1) is 5.69 Å². The molecule has 2 aromatic heterocycles. The van der Waals surface area contributed by atoms with Gasteiger partial charge < -0.3 is 9.51 Å². The number of aromatic amines is 1. The number of hydrogen-bond donors (Lipinski definition) is 1. The molecule has 0 saturated heterocycles. The first-order chi connectivity index (χ1) is 11.1. The van der Waals surface area contributed by atoms with Gasteiger partial charge in [0.15, 0.2) is 5.16 Å². The molecule has 3 aromatic rings. The Morgan fingerprint density at radius 3 is 2.48 bits per heavy atom. The third-order valence-electron chi connectivity index (χ3n) is 3.15. The molecule has 0 aliphatic heterocycles. The minimum Gasteiger partial charge on any atom is -0.339 e. The summed E-state index contributed by atoms with van der Waals surface area (Å²) in [6.45, 7) is 1.72. The fourth-order valence-electron chi connectivity index (χ4n) is 2.06. The van der Waals surface area contributed by atoms with E-state index in [1.54, 1.807) is 37.4 Å². The normalized spacial score (nSPS) is 10.5. The molecule has 1 aromatic carbocycles. The lowest BCUT2D eigenvalue weighted by molar-refractivity contribution is 0.394. The van der Waals surface area contributed by atoms with Gasteiger partial charge in [-0.25, -0.2) is 4.98 Å². The minimum atomic E-state index is -0.445. The number of hydrogen-bond acceptors (Lipinski definition) is 7. The van der Waals surface area contributed by atoms with Crippen molar-refractivity contribution < 1.29 is 4.52 Å². The van der Waals surface area contributed by atoms with Crippen molar-refractivity contribution in [3.63, 3.8) is 0 Å². The molecule has 2 heterocycles. The van der Waals surface area contributed by atoms with Gasteiger partial charge in [-0.15, -0.1) is 0 Å². The molecule has 1 N–H and O–H groups in total. The van der Waals surface area contributed by atoms with Crippen molar-refractivity contribution in [2.75, 3.05) is 6.26 Å². The first kappa shape index (κ1) is 15.0. The van der Waals surface area contributed by atoms with Gasteiger partial charge in [0.25, 0.3) is 5.56 Å². The first-order valence-corrected chi connectivity index (χ1v) is 7.84. The molecular formula is C15H11N5O2S. The smallest absolute Gasteiger partial charge is 0.270 e. The third-order valence-corrected chi connectivity index (χ3v) is 3.73. The van der Waals surface area contributed by atoms with E-state index in [0.717, 1.165) is 5.56 Å². The van der Waals surface area contributed by atoms with E-state index >= 15 is 0 Å². The van der Waals surface area contributed by atoms with E-state index in [4.69, 9.17) is 4.52 Å². The van der Waals surface area contributed by atoms with Crippen LogP contribution in [0.3, 0.4) is 0 Å². The van der Waals surface area contributed by atoms with Crippen LogP contribution in [0.15, 0.2) is 38.7 Å². The summed E-state index contributed by atoms with van der Waals surface area (Å²) in [5.41, 5.74) is 1.35. The summed E-state index contributed by atoms with van der Waals surface area (Å²) in [4.78, 5) is 23.0. The highest BCUT2D eigenvalue weighted by molar-refractivity contribution is 7.98. The molecule has 8 heteroatoms. The zero-order valence-corrected chi connectivity index (χ0v) is 13.1. The van der Waals surface area contributed by atoms with Crippen molar-refractivity contribution in [2.24, 2.45) is 0 Å². The second kappa shape index (κ2) is 6.06. The number of nitrogens with one attached hydrogen (secondary N) is 1. The molecule has 23 heavy (non-hydrogen) atoms. The molecule has 0 amide bonds. The zero-order valence-electron chi connectivity index (χ0n) is 12.3. The van der Waals surface area contributed by atoms with Crippen LogP contribution in [0.1, 0.15) is 11.5 Å². The maximum Gasteiger partial charge on any atom is 0.270 e. The number of benzene rings is 1. The Labute approximate surface area is 135 Å². The van der Waals surface area contributed by atoms with Gasteiger partial charge in [0, 0.05) is 18.1 Å². The van der Waals surface area contributed by atoms with E-state index in [9.17, 15) is 10.1 Å². The van der Waals surface area contributed by atoms with Crippen LogP contribution >= 0.6 is 11.8 Å². The summed E-state index contributed by atoms with van der Waals surface area (Å²) >= 11 is 1.31. The molecule has 0 fully saturated rings. The van der Waals surface area contributed by atoms with Crippen molar-refractivity contribution in [1.29, 1.82) is 5.26 Å². The molecule has 3 rings (SSSR count). The van der Waals surface area contributed by atoms with Crippen LogP contribution < -0.4 is 5.56 Å². The quantitative estimate of drug-likeness (QED) is 0.581. The van der Waals surface area contributed by atoms with E-state index in [1.807, 2.05) is 6.07 Å². The largest absolute Gasteiger partial charge is 0.339 e. The van der Waals surface area contributed by atoms with Crippen LogP contribution in [-0.4, -0.2) is 26.4 Å². The SMILES string of the molecule is CSc1nc(-c2ccc(-c3noc(C)n3)cc2)c(C#N)c(=O)[nH]1. The lowest BCUT2D eigenvalue weighted by Crippen LogP contribution is -2.14. The van der Waals surface area contributed by atoms with Crippen LogP contribution in [0, 0.1) is 18.3 Å². The maximum absolute atomic E-state index is 12.0. The molecular weight excluding hydrogens is 314 g/mol. The summed E-state index contributed by atoms with van der Waals surface area (Å²) in [6, 6.07) is 9.04. The molecule has 0 radical (unpaired) electrons. The van der Waals surface area contributed by atoms with Crippen LogP contribution in [0.2, 0.25) is 0 Å². The van der Waals surface area contributed by atoms with E-state index in [0.29, 0.717) is 28.1 Å². The summed E-state index contributed by atoms with van der Waals surface area (Å²) in [7, 11) is 0. The monoisotopic (exact) mass is 325 g/mol. The molecule has 0 unspecified atom stereocenters. The average Bonchev–Trinajstić information content (AvgIpc) is 3.00. The molecule has 7 nitrogen and oxygen atoms in total. The lowest BCUT2D eigenvalue weighted by Gasteiger charge is -2.05. The Morgan fingerprint density at radius 1 is 1.22 bits per heavy atom. The van der Waals surface area contributed by atoms with Gasteiger partial charge in [0.1, 0.15) is 11.6 Å². The fourth-order valence-corrected chi connectivity index (χ4v) is 2.43. The molecule has 0 aliphatic carbocycles. The van der Waals surface area contributed by atoms with Crippen LogP contribution in [-0.2, 0) is 0 Å². The summed E-state index contributed by atoms with van der Waals surface area (Å²) in [5, 5.41) is 13.5. The molecule has 0 spiro atoms. The van der Waals surface area contributed by atoms with Gasteiger partial charge in [-0.2, -0.15) is 10.2 Å². The van der Waals surface area contributed by atoms with Crippen molar-refractivity contribution >= 4 is 11.8 Å². The Bertz CT molecular complexity index is 953. The molecule has 114 valence electrons. The van der Waals surface area contributed by atoms with Crippen molar-refractivity contribution in [2.45, 2.75) is 12.1 Å². The molecule has 0 saturated carbocycles. The van der Waals surface area contributed by atoms with Crippen LogP contribution in [0.25, 0.3) is 22.6 Å². The Morgan fingerprint density at radius 2 is 1.91 bits per heavy atom. The number of aromatic nitrogens is 4. The predicted octanol–water partition coefficient (Wildman–Crippen LogP) is 2.39. The number of aryl methyl sites for hydroxylation is 1. The summed E-state index contributed by atoms with van der Waals surface area (Å²) in [6.07, 6.45) is 1.80. The van der Waals surface area contributed by atoms with E-state index in [-0.39, 0.29) is 5.56 Å². The number of rotatable bonds is 3. The lowest BCUT2D eigenvalue weighted by atomic mass is 10.1. The fraction of sp³-hybridized carbons (Fsp3) is 0.133. The predicted molar refractivity (Wildman–Crippen MR) is 84.8 cm³/mol. The number of thioether (sulfide) groups is 1. The van der Waals surface area contributed by atoms with Crippen LogP contribution in [0.5, 0.6) is 0 Å². The van der Waals surface area contributed by atoms with Crippen molar-refractivity contribution in [3.05, 3.63) is 46.1 Å². The van der Waals surface area contributed by atoms with E-state index in [2.05, 4.69) is 20.1 Å². The van der Waals surface area contributed by atoms with Gasteiger partial charge in [-0.3, -0.25) is 4.79 Å². The maximum atomic E-state index is 12.0. The van der Waals surface area contributed by atoms with Crippen molar-refractivity contribution in [1.82, 2.24) is 20.1 Å². The average molecular weight is 325 g/mol. The van der Waals surface area contributed by atoms with Gasteiger partial charge in [0.2, 0.25) is 11.7 Å². The minimum absolute atomic E-state index is 0.00837. The Kier molecular flexibility index (Phi) is 3.95. The summed E-state index contributed by atoms with van der Waals surface area (Å²) in [5.74, 6) is 0.968. The highest BCUT2D eigenvalue weighted by Gasteiger charge is 2.14. The van der Waals surface area contributed by atoms with Gasteiger partial charge in [-0.1, -0.05) is 41.2 Å². The first-order valence-electron chi connectivity index (χ1n) is 6.62. The zero-order chi connectivity index (χ0) is 16.4. The number of nitriles is 1. The second-order valence-electron chi connectivity index (χ2n) is 4.62. The highest BCUT2D eigenvalue weighted by atomic mass is 32.2. The topological polar surface area (TPSA) is 108 Å². The Hall–Kier alpha value is -2.92. The molecule has 0 atom stereocenters. The molecule has 0 bridgehead atoms. The third kappa shape index (κ3) is 2.86. The second-order valence-corrected chi connectivity index (χ2v) is 5.42. The number of H-pyrrole nitrogens is 1. The summed E-state index contributed by atoms with van der Waals surface area (Å²) < 4.78 is 4.95.